The number of phenolic OH excluding ortho intramolecular Hbond substituents is 1. The van der Waals surface area contributed by atoms with Gasteiger partial charge in [-0.2, -0.15) is 9.97 Å². The molecule has 0 saturated carbocycles. The van der Waals surface area contributed by atoms with E-state index in [2.05, 4.69) is 90.4 Å². The van der Waals surface area contributed by atoms with Crippen molar-refractivity contribution in [2.75, 3.05) is 76.4 Å². The normalized spacial score (nSPS) is 20.8. The second-order valence-electron chi connectivity index (χ2n) is 22.9. The van der Waals surface area contributed by atoms with Crippen LogP contribution in [-0.4, -0.2) is 160 Å². The van der Waals surface area contributed by atoms with Gasteiger partial charge in [0.1, 0.15) is 41.2 Å². The van der Waals surface area contributed by atoms with Crippen molar-refractivity contribution in [1.29, 1.82) is 0 Å². The summed E-state index contributed by atoms with van der Waals surface area (Å²) in [6.07, 6.45) is 9.26. The maximum atomic E-state index is 16.2. The smallest absolute Gasteiger partial charge is 0.410 e. The van der Waals surface area contributed by atoms with E-state index in [1.54, 1.807) is 45.5 Å². The molecule has 0 aliphatic carbocycles. The molecule has 2 bridgehead atoms. The highest BCUT2D eigenvalue weighted by atomic mass is 32.1. The first kappa shape index (κ1) is 59.7. The number of carbonyl (C=O) groups is 3. The minimum atomic E-state index is -0.546. The van der Waals surface area contributed by atoms with Gasteiger partial charge in [0.2, 0.25) is 11.8 Å². The molecular weight excluding hydrogens is 1090 g/mol. The number of phenols is 1. The Morgan fingerprint density at radius 1 is 0.917 bits per heavy atom. The third-order valence-electron chi connectivity index (χ3n) is 16.8. The van der Waals surface area contributed by atoms with Crippen molar-refractivity contribution in [1.82, 2.24) is 50.4 Å². The van der Waals surface area contributed by atoms with E-state index in [1.807, 2.05) is 56.6 Å². The molecule has 7 aromatic rings. The molecule has 21 heteroatoms. The number of thiazole rings is 1. The Hall–Kier alpha value is -7.49. The second kappa shape index (κ2) is 26.6. The standard InChI is InChI=1S/C34H45N7O5S.C26H26FN5O2.C3H8/c1-22-19-39(15-16-40(22)34(44)45-20-27-7-5-13-38(27)4)30-17-28(46-37-30)18-31(42)41-14-6-8-29(41)33(43)36-23(2)25-9-11-26(12-10-25)32-24(3)35-21-47-32;1-3-14-5-4-6-15-9-18(33)10-19(21(14)15)23-22(27)24-20(11-28-23)25(31-26(30-24)34-2)32-12-16-7-8-17(13-32)29-16;1-3-2/h9-12,17,21-23,27,29H,5-8,13-16,18-20H2,1-4H3,(H,36,43);4-6,9-11,16-17,29,33H,3,7-8,12-13H2,1-2H3;3H2,1-2H3. The number of amides is 3. The fourth-order valence-electron chi connectivity index (χ4n) is 12.4. The molecule has 6 unspecified atom stereocenters. The minimum absolute atomic E-state index is 0.0300. The van der Waals surface area contributed by atoms with Crippen molar-refractivity contribution in [3.05, 3.63) is 101 Å². The van der Waals surface area contributed by atoms with Crippen molar-refractivity contribution in [2.24, 2.45) is 0 Å². The molecule has 5 aliphatic rings. The van der Waals surface area contributed by atoms with E-state index < -0.39 is 11.9 Å². The maximum absolute atomic E-state index is 16.2. The van der Waals surface area contributed by atoms with Crippen LogP contribution in [0.5, 0.6) is 11.8 Å². The summed E-state index contributed by atoms with van der Waals surface area (Å²) in [7, 11) is 3.56. The van der Waals surface area contributed by atoms with Gasteiger partial charge >= 0.3 is 12.1 Å². The predicted octanol–water partition coefficient (Wildman–Crippen LogP) is 9.88. The van der Waals surface area contributed by atoms with Gasteiger partial charge in [-0.25, -0.2) is 14.2 Å². The first-order valence-electron chi connectivity index (χ1n) is 29.8. The van der Waals surface area contributed by atoms with Gasteiger partial charge in [-0.1, -0.05) is 74.8 Å². The van der Waals surface area contributed by atoms with Crippen LogP contribution in [0.1, 0.15) is 108 Å². The summed E-state index contributed by atoms with van der Waals surface area (Å²) in [5.74, 6) is 0.954. The number of aromatic hydroxyl groups is 1. The van der Waals surface area contributed by atoms with Crippen LogP contribution >= 0.6 is 11.3 Å². The number of aromatic nitrogens is 5. The minimum Gasteiger partial charge on any atom is -0.508 e. The highest BCUT2D eigenvalue weighted by Gasteiger charge is 2.37. The Bertz CT molecular complexity index is 3440. The third-order valence-corrected chi connectivity index (χ3v) is 17.8. The van der Waals surface area contributed by atoms with E-state index in [4.69, 9.17) is 14.0 Å². The number of rotatable bonds is 13. The zero-order chi connectivity index (χ0) is 59.2. The SMILES string of the molecule is CCC.CCc1cccc2cc(O)cc(-c3ncc4c(N5CC6CCC(C5)N6)nc(OC)nc4c3F)c12.Cc1ncsc1-c1ccc(C(C)NC(=O)C2CCCN2C(=O)Cc2cc(N3CCN(C(=O)OCC4CCCN4C)C(C)C3)no2)cc1. The van der Waals surface area contributed by atoms with Gasteiger partial charge in [-0.15, -0.1) is 11.3 Å². The highest BCUT2D eigenvalue weighted by Crippen LogP contribution is 2.39. The Morgan fingerprint density at radius 2 is 1.68 bits per heavy atom. The van der Waals surface area contributed by atoms with Gasteiger partial charge in [0.25, 0.3) is 0 Å². The zero-order valence-corrected chi connectivity index (χ0v) is 50.4. The number of pyridine rings is 1. The molecule has 5 fully saturated rings. The van der Waals surface area contributed by atoms with E-state index in [0.29, 0.717) is 85.7 Å². The second-order valence-corrected chi connectivity index (χ2v) is 23.7. The number of fused-ring (bicyclic) bond motifs is 4. The predicted molar refractivity (Wildman–Crippen MR) is 325 cm³/mol. The van der Waals surface area contributed by atoms with Crippen molar-refractivity contribution >= 4 is 62.6 Å². The number of carbonyl (C=O) groups excluding carboxylic acids is 3. The van der Waals surface area contributed by atoms with Crippen LogP contribution in [0, 0.1) is 12.7 Å². The summed E-state index contributed by atoms with van der Waals surface area (Å²) in [5.41, 5.74) is 6.89. The van der Waals surface area contributed by atoms with Gasteiger partial charge in [0.05, 0.1) is 41.0 Å². The number of piperazine rings is 2. The first-order chi connectivity index (χ1) is 40.6. The fourth-order valence-corrected chi connectivity index (χ4v) is 13.2. The van der Waals surface area contributed by atoms with E-state index in [1.165, 1.54) is 13.5 Å². The van der Waals surface area contributed by atoms with Gasteiger partial charge in [-0.3, -0.25) is 14.6 Å². The molecule has 3 aromatic carbocycles. The van der Waals surface area contributed by atoms with Crippen molar-refractivity contribution in [3.8, 4) is 33.5 Å². The van der Waals surface area contributed by atoms with E-state index in [0.717, 1.165) is 96.2 Å². The molecule has 19 nitrogen and oxygen atoms in total. The molecule has 6 atom stereocenters. The summed E-state index contributed by atoms with van der Waals surface area (Å²) < 4.78 is 32.7. The lowest BCUT2D eigenvalue weighted by atomic mass is 9.95. The average molecular weight is 1170 g/mol. The molecule has 446 valence electrons. The molecule has 9 heterocycles. The number of hydrogen-bond acceptors (Lipinski definition) is 17. The van der Waals surface area contributed by atoms with Gasteiger partial charge in [0, 0.05) is 81.3 Å². The topological polar surface area (TPSA) is 208 Å². The molecule has 0 radical (unpaired) electrons. The molecule has 5 aliphatic heterocycles. The summed E-state index contributed by atoms with van der Waals surface area (Å²) in [4.78, 5) is 68.4. The van der Waals surface area contributed by atoms with Gasteiger partial charge < -0.3 is 54.2 Å². The number of likely N-dealkylation sites (N-methyl/N-ethyl adjacent to an activating group) is 1. The molecule has 4 aromatic heterocycles. The lowest BCUT2D eigenvalue weighted by Crippen LogP contribution is -2.54. The van der Waals surface area contributed by atoms with Crippen LogP contribution in [0.15, 0.2) is 76.9 Å². The Kier molecular flexibility index (Phi) is 18.9. The number of hydrogen-bond donors (Lipinski definition) is 3. The quantitative estimate of drug-likeness (QED) is 0.0982. The fraction of sp³-hybridized carbons (Fsp3) is 0.492. The Balaban J connectivity index is 0.000000187. The van der Waals surface area contributed by atoms with Crippen LogP contribution in [0.2, 0.25) is 0 Å². The van der Waals surface area contributed by atoms with E-state index in [9.17, 15) is 19.5 Å². The largest absolute Gasteiger partial charge is 0.508 e. The molecule has 3 amide bonds. The van der Waals surface area contributed by atoms with Crippen molar-refractivity contribution in [2.45, 2.75) is 136 Å². The number of anilines is 2. The maximum Gasteiger partial charge on any atom is 0.410 e. The lowest BCUT2D eigenvalue weighted by Gasteiger charge is -2.39. The monoisotopic (exact) mass is 1170 g/mol. The van der Waals surface area contributed by atoms with E-state index >= 15 is 4.39 Å². The number of nitrogens with zero attached hydrogens (tertiary/aromatic N) is 10. The summed E-state index contributed by atoms with van der Waals surface area (Å²) in [6.45, 7) is 17.5. The zero-order valence-electron chi connectivity index (χ0n) is 49.6. The number of benzene rings is 3. The van der Waals surface area contributed by atoms with Crippen LogP contribution in [0.3, 0.4) is 0 Å². The first-order valence-corrected chi connectivity index (χ1v) is 30.6. The number of likely N-dealkylation sites (tertiary alicyclic amines) is 2. The molecule has 84 heavy (non-hydrogen) atoms. The number of aryl methyl sites for hydroxylation is 2. The number of ether oxygens (including phenoxy) is 2. The van der Waals surface area contributed by atoms with Gasteiger partial charge in [0.15, 0.2) is 11.6 Å². The number of methoxy groups -OCH3 is 1. The molecule has 5 saturated heterocycles. The third kappa shape index (κ3) is 13.1. The van der Waals surface area contributed by atoms with Crippen LogP contribution in [0.25, 0.3) is 43.4 Å². The van der Waals surface area contributed by atoms with Crippen molar-refractivity contribution in [3.63, 3.8) is 0 Å². The summed E-state index contributed by atoms with van der Waals surface area (Å²) >= 11 is 1.61. The highest BCUT2D eigenvalue weighted by molar-refractivity contribution is 7.13. The van der Waals surface area contributed by atoms with Crippen LogP contribution in [-0.2, 0) is 27.2 Å². The Labute approximate surface area is 494 Å². The van der Waals surface area contributed by atoms with Gasteiger partial charge in [-0.05, 0) is 119 Å². The van der Waals surface area contributed by atoms with Crippen LogP contribution < -0.4 is 25.2 Å². The van der Waals surface area contributed by atoms with E-state index in [-0.39, 0.29) is 59.4 Å². The molecule has 3 N–H and O–H groups in total. The molecule has 12 rings (SSSR count). The number of halogens is 1. The Morgan fingerprint density at radius 3 is 2.37 bits per heavy atom. The van der Waals surface area contributed by atoms with Crippen molar-refractivity contribution < 1.29 is 37.9 Å². The molecular formula is C63H79FN12O7S. The summed E-state index contributed by atoms with van der Waals surface area (Å²) in [6, 6.07) is 19.5. The lowest BCUT2D eigenvalue weighted by molar-refractivity contribution is -0.138. The van der Waals surface area contributed by atoms with Crippen LogP contribution in [0.4, 0.5) is 20.8 Å². The average Bonchev–Trinajstić information content (AvgIpc) is 4.19. The number of nitrogens with one attached hydrogen (secondary N) is 2. The molecule has 0 spiro atoms. The summed E-state index contributed by atoms with van der Waals surface area (Å²) in [5, 5.41) is 23.6.